The number of fused-ring (bicyclic) bond motifs is 1. The highest BCUT2D eigenvalue weighted by atomic mass is 16.5. The maximum absolute atomic E-state index is 10.5. The minimum atomic E-state index is -1.12. The first kappa shape index (κ1) is 16.6. The molecule has 132 valence electrons. The zero-order valence-corrected chi connectivity index (χ0v) is 13.7. The Hall–Kier alpha value is -3.23. The summed E-state index contributed by atoms with van der Waals surface area (Å²) in [6, 6.07) is 6.48. The maximum atomic E-state index is 10.5. The fourth-order valence-electron chi connectivity index (χ4n) is 2.16. The van der Waals surface area contributed by atoms with E-state index in [0.29, 0.717) is 29.2 Å². The van der Waals surface area contributed by atoms with Crippen molar-refractivity contribution in [2.24, 2.45) is 0 Å². The summed E-state index contributed by atoms with van der Waals surface area (Å²) < 4.78 is 21.6. The number of aromatic nitrogens is 2. The van der Waals surface area contributed by atoms with Gasteiger partial charge in [0, 0.05) is 6.07 Å². The van der Waals surface area contributed by atoms with E-state index in [9.17, 15) is 4.79 Å². The van der Waals surface area contributed by atoms with Crippen molar-refractivity contribution in [3.63, 3.8) is 0 Å². The van der Waals surface area contributed by atoms with Crippen LogP contribution in [0.25, 0.3) is 22.8 Å². The number of nitrogens with one attached hydrogen (secondary N) is 1. The Morgan fingerprint density at radius 2 is 2.20 bits per heavy atom. The summed E-state index contributed by atoms with van der Waals surface area (Å²) in [6.45, 7) is 4.25. The van der Waals surface area contributed by atoms with Crippen molar-refractivity contribution in [2.75, 3.05) is 13.2 Å². The van der Waals surface area contributed by atoms with Gasteiger partial charge in [-0.15, -0.1) is 0 Å². The van der Waals surface area contributed by atoms with Crippen molar-refractivity contribution in [1.82, 2.24) is 15.5 Å². The van der Waals surface area contributed by atoms with Gasteiger partial charge in [-0.3, -0.25) is 0 Å². The molecule has 25 heavy (non-hydrogen) atoms. The second-order valence-electron chi connectivity index (χ2n) is 5.27. The fraction of sp³-hybridized carbons (Fsp3) is 0.312. The third-order valence-corrected chi connectivity index (χ3v) is 3.22. The Labute approximate surface area is 142 Å². The van der Waals surface area contributed by atoms with Crippen LogP contribution in [0.4, 0.5) is 4.79 Å². The molecule has 1 aromatic carbocycles. The van der Waals surface area contributed by atoms with E-state index in [1.165, 1.54) is 6.07 Å². The molecule has 0 fully saturated rings. The average Bonchev–Trinajstić information content (AvgIpc) is 3.18. The Morgan fingerprint density at radius 3 is 2.96 bits per heavy atom. The first-order valence-electron chi connectivity index (χ1n) is 7.68. The second-order valence-corrected chi connectivity index (χ2v) is 5.27. The van der Waals surface area contributed by atoms with Gasteiger partial charge in [-0.25, -0.2) is 9.78 Å². The van der Waals surface area contributed by atoms with E-state index in [1.54, 1.807) is 25.1 Å². The van der Waals surface area contributed by atoms with Crippen LogP contribution in [0.5, 0.6) is 11.6 Å². The van der Waals surface area contributed by atoms with Crippen LogP contribution in [0.1, 0.15) is 13.8 Å². The first-order valence-corrected chi connectivity index (χ1v) is 7.68. The van der Waals surface area contributed by atoms with E-state index in [1.807, 2.05) is 6.92 Å². The summed E-state index contributed by atoms with van der Waals surface area (Å²) >= 11 is 0. The Bertz CT molecular complexity index is 872. The molecule has 0 spiro atoms. The maximum Gasteiger partial charge on any atom is 0.404 e. The van der Waals surface area contributed by atoms with E-state index in [2.05, 4.69) is 15.5 Å². The van der Waals surface area contributed by atoms with Gasteiger partial charge >= 0.3 is 6.09 Å². The van der Waals surface area contributed by atoms with Gasteiger partial charge in [0.15, 0.2) is 5.58 Å². The lowest BCUT2D eigenvalue weighted by molar-refractivity contribution is 0.181. The normalized spacial score (nSPS) is 12.1. The number of benzene rings is 1. The van der Waals surface area contributed by atoms with Crippen molar-refractivity contribution in [2.45, 2.75) is 19.9 Å². The largest absolute Gasteiger partial charge is 0.494 e. The summed E-state index contributed by atoms with van der Waals surface area (Å²) in [6.07, 6.45) is -1.12. The fourth-order valence-corrected chi connectivity index (χ4v) is 2.16. The summed E-state index contributed by atoms with van der Waals surface area (Å²) in [7, 11) is 0. The SMILES string of the molecule is CCOc1ccc2oc(-c3cc(OC[C@H](C)NC(=O)O)no3)nc2c1. The molecule has 0 saturated heterocycles. The molecule has 2 aromatic heterocycles. The monoisotopic (exact) mass is 347 g/mol. The molecule has 9 heteroatoms. The Balaban J connectivity index is 1.71. The molecular weight excluding hydrogens is 330 g/mol. The van der Waals surface area contributed by atoms with Gasteiger partial charge in [0.05, 0.1) is 18.7 Å². The topological polar surface area (TPSA) is 120 Å². The van der Waals surface area contributed by atoms with Crippen LogP contribution in [0.3, 0.4) is 0 Å². The number of hydrogen-bond donors (Lipinski definition) is 2. The molecule has 2 heterocycles. The highest BCUT2D eigenvalue weighted by Crippen LogP contribution is 2.28. The highest BCUT2D eigenvalue weighted by Gasteiger charge is 2.16. The molecule has 0 aliphatic rings. The van der Waals surface area contributed by atoms with Crippen molar-refractivity contribution in [3.05, 3.63) is 24.3 Å². The number of hydrogen-bond acceptors (Lipinski definition) is 7. The number of rotatable bonds is 7. The number of carboxylic acid groups (broad SMARTS) is 1. The van der Waals surface area contributed by atoms with Gasteiger partial charge in [-0.1, -0.05) is 0 Å². The van der Waals surface area contributed by atoms with Crippen molar-refractivity contribution in [1.29, 1.82) is 0 Å². The molecule has 1 atom stereocenters. The Morgan fingerprint density at radius 1 is 1.36 bits per heavy atom. The van der Waals surface area contributed by atoms with Crippen LogP contribution in [0.2, 0.25) is 0 Å². The van der Waals surface area contributed by atoms with Gasteiger partial charge in [-0.2, -0.15) is 0 Å². The molecule has 0 bridgehead atoms. The van der Waals surface area contributed by atoms with E-state index in [4.69, 9.17) is 23.5 Å². The van der Waals surface area contributed by atoms with Crippen LogP contribution >= 0.6 is 0 Å². The van der Waals surface area contributed by atoms with E-state index < -0.39 is 6.09 Å². The standard InChI is InChI=1S/C16H17N3O6/c1-3-22-10-4-5-12-11(6-10)18-15(24-12)13-7-14(19-25-13)23-8-9(2)17-16(20)21/h4-7,9,17H,3,8H2,1-2H3,(H,20,21)/t9-/m0/s1. The van der Waals surface area contributed by atoms with Crippen LogP contribution < -0.4 is 14.8 Å². The van der Waals surface area contributed by atoms with Gasteiger partial charge in [-0.05, 0) is 31.1 Å². The quantitative estimate of drug-likeness (QED) is 0.669. The molecule has 0 aliphatic heterocycles. The predicted molar refractivity (Wildman–Crippen MR) is 86.8 cm³/mol. The summed E-state index contributed by atoms with van der Waals surface area (Å²) in [5.74, 6) is 1.49. The lowest BCUT2D eigenvalue weighted by atomic mass is 10.3. The van der Waals surface area contributed by atoms with E-state index in [-0.39, 0.29) is 24.4 Å². The zero-order valence-electron chi connectivity index (χ0n) is 13.7. The van der Waals surface area contributed by atoms with Crippen LogP contribution in [0, 0.1) is 0 Å². The van der Waals surface area contributed by atoms with Crippen molar-refractivity contribution < 1.29 is 28.3 Å². The molecule has 0 saturated carbocycles. The van der Waals surface area contributed by atoms with Gasteiger partial charge in [0.25, 0.3) is 11.8 Å². The van der Waals surface area contributed by atoms with Crippen molar-refractivity contribution in [3.8, 4) is 23.3 Å². The lowest BCUT2D eigenvalue weighted by Crippen LogP contribution is -2.35. The number of carbonyl (C=O) groups is 1. The van der Waals surface area contributed by atoms with E-state index >= 15 is 0 Å². The molecule has 2 N–H and O–H groups in total. The molecule has 0 aliphatic carbocycles. The first-order chi connectivity index (χ1) is 12.0. The van der Waals surface area contributed by atoms with E-state index in [0.717, 1.165) is 0 Å². The highest BCUT2D eigenvalue weighted by molar-refractivity contribution is 5.77. The molecule has 0 radical (unpaired) electrons. The number of ether oxygens (including phenoxy) is 2. The number of amides is 1. The summed E-state index contributed by atoms with van der Waals surface area (Å²) in [5, 5.41) is 14.7. The summed E-state index contributed by atoms with van der Waals surface area (Å²) in [5.41, 5.74) is 1.23. The molecule has 3 rings (SSSR count). The van der Waals surface area contributed by atoms with Gasteiger partial charge in [0.1, 0.15) is 17.9 Å². The minimum absolute atomic E-state index is 0.115. The molecule has 3 aromatic rings. The van der Waals surface area contributed by atoms with Crippen LogP contribution in [-0.2, 0) is 0 Å². The second kappa shape index (κ2) is 7.12. The predicted octanol–water partition coefficient (Wildman–Crippen LogP) is 2.92. The molecular formula is C16H17N3O6. The number of nitrogens with zero attached hydrogens (tertiary/aromatic N) is 2. The molecule has 0 unspecified atom stereocenters. The zero-order chi connectivity index (χ0) is 17.8. The third-order valence-electron chi connectivity index (χ3n) is 3.22. The van der Waals surface area contributed by atoms with Gasteiger partial charge in [0.2, 0.25) is 5.76 Å². The Kier molecular flexibility index (Phi) is 4.73. The lowest BCUT2D eigenvalue weighted by Gasteiger charge is -2.10. The van der Waals surface area contributed by atoms with Crippen LogP contribution in [-0.4, -0.2) is 40.6 Å². The summed E-state index contributed by atoms with van der Waals surface area (Å²) in [4.78, 5) is 14.9. The van der Waals surface area contributed by atoms with Crippen molar-refractivity contribution >= 4 is 17.2 Å². The number of oxazole rings is 1. The van der Waals surface area contributed by atoms with Crippen LogP contribution in [0.15, 0.2) is 33.2 Å². The molecule has 9 nitrogen and oxygen atoms in total. The van der Waals surface area contributed by atoms with Gasteiger partial charge < -0.3 is 28.8 Å². The average molecular weight is 347 g/mol. The third kappa shape index (κ3) is 4.00. The molecule has 1 amide bonds. The minimum Gasteiger partial charge on any atom is -0.494 e. The smallest absolute Gasteiger partial charge is 0.404 e.